The number of nitrogens with one attached hydrogen (secondary N) is 2. The average molecular weight is 354 g/mol. The molecule has 5 nitrogen and oxygen atoms in total. The summed E-state index contributed by atoms with van der Waals surface area (Å²) in [6.07, 6.45) is 0.408. The Labute approximate surface area is 149 Å². The van der Waals surface area contributed by atoms with Crippen LogP contribution in [-0.2, 0) is 11.2 Å². The van der Waals surface area contributed by atoms with Crippen molar-refractivity contribution in [1.82, 2.24) is 10.3 Å². The minimum atomic E-state index is -0.423. The second-order valence-corrected chi connectivity index (χ2v) is 6.06. The maximum absolute atomic E-state index is 13.0. The van der Waals surface area contributed by atoms with Crippen LogP contribution in [0.1, 0.15) is 11.1 Å². The lowest BCUT2D eigenvalue weighted by molar-refractivity contribution is -0.123. The number of ether oxygens (including phenoxy) is 1. The highest BCUT2D eigenvalue weighted by molar-refractivity contribution is 5.80. The van der Waals surface area contributed by atoms with E-state index in [2.05, 4.69) is 10.3 Å². The van der Waals surface area contributed by atoms with Crippen molar-refractivity contribution >= 4 is 16.8 Å². The van der Waals surface area contributed by atoms with Gasteiger partial charge in [-0.05, 0) is 49.1 Å². The number of amides is 1. The van der Waals surface area contributed by atoms with Gasteiger partial charge in [0.2, 0.25) is 0 Å². The van der Waals surface area contributed by atoms with Crippen LogP contribution in [0.5, 0.6) is 5.75 Å². The Morgan fingerprint density at radius 1 is 1.19 bits per heavy atom. The summed E-state index contributed by atoms with van der Waals surface area (Å²) in [6.45, 7) is 2.09. The van der Waals surface area contributed by atoms with Crippen LogP contribution in [0, 0.1) is 12.7 Å². The molecule has 0 radical (unpaired) electrons. The Morgan fingerprint density at radius 3 is 2.85 bits per heavy atom. The summed E-state index contributed by atoms with van der Waals surface area (Å²) in [6, 6.07) is 13.3. The third kappa shape index (κ3) is 4.47. The molecule has 1 aromatic heterocycles. The molecule has 0 aliphatic rings. The van der Waals surface area contributed by atoms with E-state index in [1.165, 1.54) is 18.2 Å². The number of rotatable bonds is 6. The molecule has 3 aromatic rings. The molecule has 1 amide bonds. The molecule has 2 N–H and O–H groups in total. The van der Waals surface area contributed by atoms with Crippen molar-refractivity contribution in [2.24, 2.45) is 0 Å². The van der Waals surface area contributed by atoms with E-state index in [4.69, 9.17) is 4.74 Å². The molecule has 1 heterocycles. The fourth-order valence-corrected chi connectivity index (χ4v) is 2.65. The topological polar surface area (TPSA) is 71.2 Å². The van der Waals surface area contributed by atoms with Gasteiger partial charge in [0.15, 0.2) is 6.61 Å². The Balaban J connectivity index is 1.54. The first-order valence-electron chi connectivity index (χ1n) is 8.29. The first kappa shape index (κ1) is 17.7. The zero-order valence-corrected chi connectivity index (χ0v) is 14.3. The van der Waals surface area contributed by atoms with Gasteiger partial charge < -0.3 is 15.0 Å². The van der Waals surface area contributed by atoms with Crippen LogP contribution in [0.4, 0.5) is 4.39 Å². The molecule has 134 valence electrons. The van der Waals surface area contributed by atoms with Gasteiger partial charge in [-0.15, -0.1) is 0 Å². The highest BCUT2D eigenvalue weighted by Crippen LogP contribution is 2.13. The summed E-state index contributed by atoms with van der Waals surface area (Å²) in [5.41, 5.74) is 2.34. The van der Waals surface area contributed by atoms with Crippen LogP contribution in [-0.4, -0.2) is 24.0 Å². The van der Waals surface area contributed by atoms with Gasteiger partial charge in [0.25, 0.3) is 11.5 Å². The third-order valence-corrected chi connectivity index (χ3v) is 3.96. The first-order valence-corrected chi connectivity index (χ1v) is 8.29. The van der Waals surface area contributed by atoms with Crippen LogP contribution < -0.4 is 15.6 Å². The summed E-state index contributed by atoms with van der Waals surface area (Å²) >= 11 is 0. The molecule has 26 heavy (non-hydrogen) atoms. The molecule has 0 spiro atoms. The number of pyridine rings is 1. The Hall–Kier alpha value is -3.15. The van der Waals surface area contributed by atoms with E-state index in [1.54, 1.807) is 6.07 Å². The normalized spacial score (nSPS) is 10.7. The summed E-state index contributed by atoms with van der Waals surface area (Å²) in [7, 11) is 0. The molecule has 0 atom stereocenters. The molecule has 3 rings (SSSR count). The van der Waals surface area contributed by atoms with Crippen LogP contribution in [0.15, 0.2) is 53.3 Å². The van der Waals surface area contributed by atoms with E-state index in [0.717, 1.165) is 16.5 Å². The molecule has 0 aliphatic heterocycles. The molecule has 0 unspecified atom stereocenters. The second kappa shape index (κ2) is 7.82. The average Bonchev–Trinajstić information content (AvgIpc) is 2.61. The van der Waals surface area contributed by atoms with Crippen LogP contribution in [0.25, 0.3) is 10.9 Å². The summed E-state index contributed by atoms with van der Waals surface area (Å²) in [5.74, 6) is -0.461. The molecular weight excluding hydrogens is 335 g/mol. The van der Waals surface area contributed by atoms with Gasteiger partial charge >= 0.3 is 0 Å². The highest BCUT2D eigenvalue weighted by atomic mass is 19.1. The van der Waals surface area contributed by atoms with Crippen LogP contribution in [0.2, 0.25) is 0 Å². The Bertz CT molecular complexity index is 998. The number of aromatic nitrogens is 1. The minimum absolute atomic E-state index is 0.161. The molecular formula is C20H19FN2O3. The van der Waals surface area contributed by atoms with E-state index >= 15 is 0 Å². The number of hydrogen-bond donors (Lipinski definition) is 2. The number of fused-ring (bicyclic) bond motifs is 1. The molecule has 0 fully saturated rings. The summed E-state index contributed by atoms with van der Waals surface area (Å²) in [5, 5.41) is 3.65. The Morgan fingerprint density at radius 2 is 2.04 bits per heavy atom. The van der Waals surface area contributed by atoms with Crippen molar-refractivity contribution in [1.29, 1.82) is 0 Å². The minimum Gasteiger partial charge on any atom is -0.484 e. The zero-order valence-electron chi connectivity index (χ0n) is 14.3. The Kier molecular flexibility index (Phi) is 5.31. The van der Waals surface area contributed by atoms with Gasteiger partial charge in [-0.2, -0.15) is 0 Å². The molecule has 0 saturated heterocycles. The molecule has 2 aromatic carbocycles. The summed E-state index contributed by atoms with van der Waals surface area (Å²) in [4.78, 5) is 26.8. The number of hydrogen-bond acceptors (Lipinski definition) is 3. The molecule has 0 bridgehead atoms. The quantitative estimate of drug-likeness (QED) is 0.715. The smallest absolute Gasteiger partial charge is 0.257 e. The monoisotopic (exact) mass is 354 g/mol. The lowest BCUT2D eigenvalue weighted by Crippen LogP contribution is -2.31. The van der Waals surface area contributed by atoms with E-state index in [0.29, 0.717) is 24.3 Å². The predicted molar refractivity (Wildman–Crippen MR) is 97.9 cm³/mol. The van der Waals surface area contributed by atoms with Crippen molar-refractivity contribution in [3.05, 3.63) is 75.8 Å². The zero-order chi connectivity index (χ0) is 18.5. The summed E-state index contributed by atoms with van der Waals surface area (Å²) < 4.78 is 18.3. The number of aryl methyl sites for hydroxylation is 1. The standard InChI is InChI=1S/C20H19FN2O3/c1-13-5-6-18-15(9-13)10-14(20(25)23-18)7-8-22-19(24)12-26-17-4-2-3-16(21)11-17/h2-6,9-11H,7-8,12H2,1H3,(H,22,24)(H,23,25). The van der Waals surface area contributed by atoms with Gasteiger partial charge in [-0.25, -0.2) is 4.39 Å². The van der Waals surface area contributed by atoms with E-state index in [-0.39, 0.29) is 18.1 Å². The number of halogens is 1. The van der Waals surface area contributed by atoms with E-state index in [9.17, 15) is 14.0 Å². The van der Waals surface area contributed by atoms with Crippen molar-refractivity contribution < 1.29 is 13.9 Å². The van der Waals surface area contributed by atoms with Gasteiger partial charge in [0.05, 0.1) is 0 Å². The maximum Gasteiger partial charge on any atom is 0.257 e. The lowest BCUT2D eigenvalue weighted by atomic mass is 10.1. The number of H-pyrrole nitrogens is 1. The van der Waals surface area contributed by atoms with Crippen molar-refractivity contribution in [3.63, 3.8) is 0 Å². The SMILES string of the molecule is Cc1ccc2[nH]c(=O)c(CCNC(=O)COc3cccc(F)c3)cc2c1. The van der Waals surface area contributed by atoms with Gasteiger partial charge in [0.1, 0.15) is 11.6 Å². The van der Waals surface area contributed by atoms with Crippen molar-refractivity contribution in [2.45, 2.75) is 13.3 Å². The molecule has 0 saturated carbocycles. The van der Waals surface area contributed by atoms with Crippen LogP contribution >= 0.6 is 0 Å². The number of carbonyl (C=O) groups excluding carboxylic acids is 1. The largest absolute Gasteiger partial charge is 0.484 e. The van der Waals surface area contributed by atoms with Gasteiger partial charge in [-0.3, -0.25) is 9.59 Å². The highest BCUT2D eigenvalue weighted by Gasteiger charge is 2.06. The fraction of sp³-hybridized carbons (Fsp3) is 0.200. The maximum atomic E-state index is 13.0. The van der Waals surface area contributed by atoms with Crippen molar-refractivity contribution in [2.75, 3.05) is 13.2 Å². The third-order valence-electron chi connectivity index (χ3n) is 3.96. The predicted octanol–water partition coefficient (Wildman–Crippen LogP) is 2.71. The lowest BCUT2D eigenvalue weighted by Gasteiger charge is -2.08. The van der Waals surface area contributed by atoms with E-state index in [1.807, 2.05) is 31.2 Å². The molecule has 6 heteroatoms. The molecule has 0 aliphatic carbocycles. The van der Waals surface area contributed by atoms with Crippen LogP contribution in [0.3, 0.4) is 0 Å². The number of carbonyl (C=O) groups is 1. The van der Waals surface area contributed by atoms with E-state index < -0.39 is 5.82 Å². The van der Waals surface area contributed by atoms with Crippen molar-refractivity contribution in [3.8, 4) is 5.75 Å². The number of benzene rings is 2. The second-order valence-electron chi connectivity index (χ2n) is 6.06. The van der Waals surface area contributed by atoms with Gasteiger partial charge in [-0.1, -0.05) is 17.7 Å². The van der Waals surface area contributed by atoms with Gasteiger partial charge in [0, 0.05) is 23.7 Å². The number of aromatic amines is 1. The fourth-order valence-electron chi connectivity index (χ4n) is 2.65. The first-order chi connectivity index (χ1) is 12.5.